The van der Waals surface area contributed by atoms with Crippen molar-refractivity contribution in [1.29, 1.82) is 0 Å². The van der Waals surface area contributed by atoms with Crippen LogP contribution in [0.5, 0.6) is 0 Å². The van der Waals surface area contributed by atoms with Crippen LogP contribution in [0.3, 0.4) is 0 Å². The third-order valence-corrected chi connectivity index (χ3v) is 5.44. The molecule has 162 valence electrons. The molecular weight excluding hydrogens is 414 g/mol. The van der Waals surface area contributed by atoms with Gasteiger partial charge in [0.1, 0.15) is 12.4 Å². The molecule has 1 amide bonds. The van der Waals surface area contributed by atoms with Crippen molar-refractivity contribution in [3.63, 3.8) is 0 Å². The summed E-state index contributed by atoms with van der Waals surface area (Å²) >= 11 is 0. The van der Waals surface area contributed by atoms with E-state index in [1.54, 1.807) is 6.07 Å². The van der Waals surface area contributed by atoms with E-state index >= 15 is 0 Å². The number of hydrogen-bond acceptors (Lipinski definition) is 4. The molecular formula is C26H21N5O2. The highest BCUT2D eigenvalue weighted by molar-refractivity contribution is 5.91. The molecule has 5 rings (SSSR count). The number of para-hydroxylation sites is 2. The van der Waals surface area contributed by atoms with Crippen LogP contribution in [-0.4, -0.2) is 25.2 Å². The SMILES string of the molecule is Cn1c(-c2ccc(NC(=O)Cn3nc(-c4ccccc4)ccc3=O)cc2)nc2ccccc21. The number of aryl methyl sites for hydroxylation is 1. The molecule has 0 aliphatic heterocycles. The number of nitrogens with one attached hydrogen (secondary N) is 1. The van der Waals surface area contributed by atoms with Crippen molar-refractivity contribution in [3.8, 4) is 22.6 Å². The number of benzene rings is 3. The molecule has 0 fully saturated rings. The average molecular weight is 435 g/mol. The minimum atomic E-state index is -0.331. The maximum atomic E-state index is 12.6. The van der Waals surface area contributed by atoms with E-state index in [9.17, 15) is 9.59 Å². The number of imidazole rings is 1. The second-order valence-electron chi connectivity index (χ2n) is 7.69. The predicted octanol–water partition coefficient (Wildman–Crippen LogP) is 4.10. The minimum Gasteiger partial charge on any atom is -0.327 e. The summed E-state index contributed by atoms with van der Waals surface area (Å²) in [6, 6.07) is 28.0. The van der Waals surface area contributed by atoms with Crippen molar-refractivity contribution in [3.05, 3.63) is 101 Å². The van der Waals surface area contributed by atoms with E-state index in [4.69, 9.17) is 4.98 Å². The molecule has 0 saturated carbocycles. The van der Waals surface area contributed by atoms with Gasteiger partial charge < -0.3 is 9.88 Å². The Morgan fingerprint density at radius 3 is 2.33 bits per heavy atom. The number of anilines is 1. The Morgan fingerprint density at radius 2 is 1.58 bits per heavy atom. The van der Waals surface area contributed by atoms with E-state index < -0.39 is 0 Å². The highest BCUT2D eigenvalue weighted by Crippen LogP contribution is 2.24. The smallest absolute Gasteiger partial charge is 0.267 e. The van der Waals surface area contributed by atoms with E-state index in [-0.39, 0.29) is 18.0 Å². The van der Waals surface area contributed by atoms with Gasteiger partial charge in [-0.1, -0.05) is 42.5 Å². The summed E-state index contributed by atoms with van der Waals surface area (Å²) in [7, 11) is 1.98. The van der Waals surface area contributed by atoms with Crippen LogP contribution in [0.4, 0.5) is 5.69 Å². The molecule has 7 nitrogen and oxygen atoms in total. The molecule has 2 heterocycles. The molecule has 5 aromatic rings. The van der Waals surface area contributed by atoms with Crippen LogP contribution in [-0.2, 0) is 18.4 Å². The first-order valence-corrected chi connectivity index (χ1v) is 10.5. The zero-order valence-corrected chi connectivity index (χ0v) is 18.0. The van der Waals surface area contributed by atoms with Crippen LogP contribution in [0.15, 0.2) is 95.8 Å². The average Bonchev–Trinajstić information content (AvgIpc) is 3.18. The van der Waals surface area contributed by atoms with E-state index in [1.165, 1.54) is 10.7 Å². The molecule has 2 aromatic heterocycles. The maximum Gasteiger partial charge on any atom is 0.267 e. The lowest BCUT2D eigenvalue weighted by atomic mass is 10.1. The Morgan fingerprint density at radius 1 is 0.848 bits per heavy atom. The Labute approximate surface area is 190 Å². The van der Waals surface area contributed by atoms with Crippen LogP contribution >= 0.6 is 0 Å². The van der Waals surface area contributed by atoms with Crippen molar-refractivity contribution in [2.24, 2.45) is 7.05 Å². The van der Waals surface area contributed by atoms with Gasteiger partial charge in [-0.05, 0) is 42.5 Å². The topological polar surface area (TPSA) is 81.8 Å². The Bertz CT molecular complexity index is 1500. The fourth-order valence-corrected chi connectivity index (χ4v) is 3.77. The number of rotatable bonds is 5. The van der Waals surface area contributed by atoms with Crippen molar-refractivity contribution in [2.75, 3.05) is 5.32 Å². The quantitative estimate of drug-likeness (QED) is 0.451. The first kappa shape index (κ1) is 20.4. The summed E-state index contributed by atoms with van der Waals surface area (Å²) < 4.78 is 3.21. The van der Waals surface area contributed by atoms with Gasteiger partial charge in [0.15, 0.2) is 0 Å². The molecule has 0 saturated heterocycles. The highest BCUT2D eigenvalue weighted by atomic mass is 16.2. The largest absolute Gasteiger partial charge is 0.327 e. The summed E-state index contributed by atoms with van der Waals surface area (Å²) in [5.74, 6) is 0.521. The van der Waals surface area contributed by atoms with Crippen LogP contribution in [0.1, 0.15) is 0 Å². The lowest BCUT2D eigenvalue weighted by molar-refractivity contribution is -0.117. The Balaban J connectivity index is 1.32. The molecule has 0 unspecified atom stereocenters. The monoisotopic (exact) mass is 435 g/mol. The summed E-state index contributed by atoms with van der Waals surface area (Å²) in [6.07, 6.45) is 0. The summed E-state index contributed by atoms with van der Waals surface area (Å²) in [5, 5.41) is 7.17. The van der Waals surface area contributed by atoms with Gasteiger partial charge in [-0.3, -0.25) is 9.59 Å². The fourth-order valence-electron chi connectivity index (χ4n) is 3.77. The second-order valence-corrected chi connectivity index (χ2v) is 7.69. The Kier molecular flexibility index (Phi) is 5.28. The van der Waals surface area contributed by atoms with Crippen molar-refractivity contribution < 1.29 is 4.79 Å². The minimum absolute atomic E-state index is 0.175. The fraction of sp³-hybridized carbons (Fsp3) is 0.0769. The zero-order chi connectivity index (χ0) is 22.8. The van der Waals surface area contributed by atoms with Crippen LogP contribution < -0.4 is 10.9 Å². The van der Waals surface area contributed by atoms with Gasteiger partial charge in [0.05, 0.1) is 16.7 Å². The lowest BCUT2D eigenvalue weighted by Crippen LogP contribution is -2.29. The summed E-state index contributed by atoms with van der Waals surface area (Å²) in [5.41, 5.74) is 4.75. The molecule has 0 aliphatic rings. The van der Waals surface area contributed by atoms with E-state index in [1.807, 2.05) is 90.5 Å². The number of carbonyl (C=O) groups excluding carboxylic acids is 1. The van der Waals surface area contributed by atoms with Gasteiger partial charge in [0.25, 0.3) is 5.56 Å². The third-order valence-electron chi connectivity index (χ3n) is 5.44. The van der Waals surface area contributed by atoms with Crippen molar-refractivity contribution in [2.45, 2.75) is 6.54 Å². The number of aromatic nitrogens is 4. The standard InChI is InChI=1S/C26H21N5O2/c1-30-23-10-6-5-9-22(23)28-26(30)19-11-13-20(14-12-19)27-24(32)17-31-25(33)16-15-21(29-31)18-7-3-2-4-8-18/h2-16H,17H2,1H3,(H,27,32). The molecule has 1 N–H and O–H groups in total. The van der Waals surface area contributed by atoms with Gasteiger partial charge in [-0.2, -0.15) is 5.10 Å². The Hall–Kier alpha value is -4.52. The first-order valence-electron chi connectivity index (χ1n) is 10.5. The van der Waals surface area contributed by atoms with Gasteiger partial charge in [0, 0.05) is 29.9 Å². The molecule has 3 aromatic carbocycles. The first-order chi connectivity index (χ1) is 16.1. The molecule has 0 atom stereocenters. The number of amides is 1. The van der Waals surface area contributed by atoms with Gasteiger partial charge in [-0.25, -0.2) is 9.67 Å². The number of fused-ring (bicyclic) bond motifs is 1. The van der Waals surface area contributed by atoms with E-state index in [0.717, 1.165) is 28.0 Å². The molecule has 0 radical (unpaired) electrons. The molecule has 7 heteroatoms. The second kappa shape index (κ2) is 8.55. The number of carbonyl (C=O) groups is 1. The number of nitrogens with zero attached hydrogens (tertiary/aromatic N) is 4. The maximum absolute atomic E-state index is 12.6. The van der Waals surface area contributed by atoms with Crippen molar-refractivity contribution in [1.82, 2.24) is 19.3 Å². The molecule has 0 aliphatic carbocycles. The highest BCUT2D eigenvalue weighted by Gasteiger charge is 2.11. The van der Waals surface area contributed by atoms with Crippen LogP contribution in [0.2, 0.25) is 0 Å². The molecule has 33 heavy (non-hydrogen) atoms. The summed E-state index contributed by atoms with van der Waals surface area (Å²) in [6.45, 7) is -0.175. The molecule has 0 bridgehead atoms. The van der Waals surface area contributed by atoms with E-state index in [0.29, 0.717) is 11.4 Å². The van der Waals surface area contributed by atoms with Gasteiger partial charge >= 0.3 is 0 Å². The lowest BCUT2D eigenvalue weighted by Gasteiger charge is -2.09. The van der Waals surface area contributed by atoms with Crippen LogP contribution in [0.25, 0.3) is 33.7 Å². The predicted molar refractivity (Wildman–Crippen MR) is 129 cm³/mol. The van der Waals surface area contributed by atoms with Gasteiger partial charge in [-0.15, -0.1) is 0 Å². The normalized spacial score (nSPS) is 10.9. The number of hydrogen-bond donors (Lipinski definition) is 1. The third kappa shape index (κ3) is 4.16. The van der Waals surface area contributed by atoms with E-state index in [2.05, 4.69) is 10.4 Å². The van der Waals surface area contributed by atoms with Crippen molar-refractivity contribution >= 4 is 22.6 Å². The zero-order valence-electron chi connectivity index (χ0n) is 18.0. The van der Waals surface area contributed by atoms with Gasteiger partial charge in [0.2, 0.25) is 5.91 Å². The summed E-state index contributed by atoms with van der Waals surface area (Å²) in [4.78, 5) is 29.5. The molecule has 0 spiro atoms. The van der Waals surface area contributed by atoms with Crippen LogP contribution in [0, 0.1) is 0 Å².